The first-order valence-electron chi connectivity index (χ1n) is 5.94. The van der Waals surface area contributed by atoms with Gasteiger partial charge in [0.15, 0.2) is 0 Å². The Morgan fingerprint density at radius 1 is 1.32 bits per heavy atom. The summed E-state index contributed by atoms with van der Waals surface area (Å²) in [5, 5.41) is 0. The molecule has 3 nitrogen and oxygen atoms in total. The second-order valence-electron chi connectivity index (χ2n) is 4.42. The summed E-state index contributed by atoms with van der Waals surface area (Å²) in [4.78, 5) is 8.34. The van der Waals surface area contributed by atoms with E-state index >= 15 is 0 Å². The van der Waals surface area contributed by atoms with Crippen molar-refractivity contribution < 1.29 is 4.74 Å². The van der Waals surface area contributed by atoms with Crippen molar-refractivity contribution in [1.82, 2.24) is 9.97 Å². The molecule has 2 rings (SSSR count). The maximum Gasteiger partial charge on any atom is 0.238 e. The molecule has 0 atom stereocenters. The SMILES string of the molecule is CC(C)c1cc(Br)ccc1Oc1cncc(CCl)n1. The number of rotatable bonds is 4. The van der Waals surface area contributed by atoms with Crippen LogP contribution in [0.5, 0.6) is 11.6 Å². The molecule has 0 saturated heterocycles. The van der Waals surface area contributed by atoms with Gasteiger partial charge in [-0.1, -0.05) is 29.8 Å². The van der Waals surface area contributed by atoms with Crippen molar-refractivity contribution in [1.29, 1.82) is 0 Å². The second-order valence-corrected chi connectivity index (χ2v) is 5.60. The average molecular weight is 342 g/mol. The highest BCUT2D eigenvalue weighted by Gasteiger charge is 2.10. The largest absolute Gasteiger partial charge is 0.437 e. The molecule has 0 aliphatic heterocycles. The summed E-state index contributed by atoms with van der Waals surface area (Å²) in [6.45, 7) is 4.24. The van der Waals surface area contributed by atoms with Gasteiger partial charge >= 0.3 is 0 Å². The highest BCUT2D eigenvalue weighted by atomic mass is 79.9. The monoisotopic (exact) mass is 340 g/mol. The third kappa shape index (κ3) is 3.67. The first-order valence-corrected chi connectivity index (χ1v) is 7.27. The van der Waals surface area contributed by atoms with E-state index in [4.69, 9.17) is 16.3 Å². The fourth-order valence-electron chi connectivity index (χ4n) is 1.68. The molecular formula is C14H14BrClN2O. The van der Waals surface area contributed by atoms with Crippen LogP contribution in [0.25, 0.3) is 0 Å². The van der Waals surface area contributed by atoms with Crippen molar-refractivity contribution in [3.8, 4) is 11.6 Å². The van der Waals surface area contributed by atoms with Gasteiger partial charge in [-0.3, -0.25) is 4.98 Å². The molecule has 100 valence electrons. The van der Waals surface area contributed by atoms with E-state index in [0.29, 0.717) is 23.4 Å². The van der Waals surface area contributed by atoms with E-state index in [0.717, 1.165) is 15.8 Å². The molecule has 0 unspecified atom stereocenters. The van der Waals surface area contributed by atoms with Gasteiger partial charge in [0, 0.05) is 10.7 Å². The van der Waals surface area contributed by atoms with Crippen LogP contribution < -0.4 is 4.74 Å². The molecule has 19 heavy (non-hydrogen) atoms. The van der Waals surface area contributed by atoms with E-state index in [1.165, 1.54) is 0 Å². The summed E-state index contributed by atoms with van der Waals surface area (Å²) in [7, 11) is 0. The molecule has 0 aliphatic carbocycles. The fourth-order valence-corrected chi connectivity index (χ4v) is 2.18. The van der Waals surface area contributed by atoms with Crippen LogP contribution in [0.4, 0.5) is 0 Å². The number of alkyl halides is 1. The lowest BCUT2D eigenvalue weighted by Gasteiger charge is -2.13. The third-order valence-corrected chi connectivity index (χ3v) is 3.37. The van der Waals surface area contributed by atoms with Crippen molar-refractivity contribution in [3.63, 3.8) is 0 Å². The number of aromatic nitrogens is 2. The fraction of sp³-hybridized carbons (Fsp3) is 0.286. The number of hydrogen-bond acceptors (Lipinski definition) is 3. The van der Waals surface area contributed by atoms with Crippen LogP contribution >= 0.6 is 27.5 Å². The highest BCUT2D eigenvalue weighted by molar-refractivity contribution is 9.10. The number of ether oxygens (including phenoxy) is 1. The summed E-state index contributed by atoms with van der Waals surface area (Å²) in [5.74, 6) is 1.93. The zero-order chi connectivity index (χ0) is 13.8. The average Bonchev–Trinajstić information content (AvgIpc) is 2.41. The lowest BCUT2D eigenvalue weighted by Crippen LogP contribution is -1.97. The van der Waals surface area contributed by atoms with Crippen molar-refractivity contribution in [2.45, 2.75) is 25.6 Å². The molecule has 1 aromatic heterocycles. The molecule has 0 fully saturated rings. The Hall–Kier alpha value is -1.13. The molecule has 0 amide bonds. The van der Waals surface area contributed by atoms with Crippen LogP contribution in [0.15, 0.2) is 35.1 Å². The Morgan fingerprint density at radius 2 is 2.11 bits per heavy atom. The molecule has 0 saturated carbocycles. The van der Waals surface area contributed by atoms with Crippen LogP contribution in [-0.2, 0) is 5.88 Å². The molecule has 0 bridgehead atoms. The lowest BCUT2D eigenvalue weighted by atomic mass is 10.0. The minimum Gasteiger partial charge on any atom is -0.437 e. The van der Waals surface area contributed by atoms with Crippen molar-refractivity contribution in [2.75, 3.05) is 0 Å². The normalized spacial score (nSPS) is 10.8. The zero-order valence-electron chi connectivity index (χ0n) is 10.7. The number of benzene rings is 1. The van der Waals surface area contributed by atoms with E-state index in [1.807, 2.05) is 12.1 Å². The molecule has 1 heterocycles. The molecule has 0 aliphatic rings. The summed E-state index contributed by atoms with van der Waals surface area (Å²) >= 11 is 9.21. The molecule has 1 aromatic carbocycles. The standard InChI is InChI=1S/C14H14BrClN2O/c1-9(2)12-5-10(15)3-4-13(12)19-14-8-17-7-11(6-16)18-14/h3-5,7-9H,6H2,1-2H3. The lowest BCUT2D eigenvalue weighted by molar-refractivity contribution is 0.450. The van der Waals surface area contributed by atoms with Gasteiger partial charge in [0.2, 0.25) is 5.88 Å². The minimum absolute atomic E-state index is 0.321. The Labute approximate surface area is 126 Å². The van der Waals surface area contributed by atoms with E-state index in [-0.39, 0.29) is 0 Å². The van der Waals surface area contributed by atoms with Gasteiger partial charge in [0.25, 0.3) is 0 Å². The van der Waals surface area contributed by atoms with Gasteiger partial charge in [0.1, 0.15) is 5.75 Å². The van der Waals surface area contributed by atoms with Crippen LogP contribution in [0, 0.1) is 0 Å². The molecular weight excluding hydrogens is 328 g/mol. The Bertz CT molecular complexity index is 575. The van der Waals surface area contributed by atoms with E-state index in [2.05, 4.69) is 45.8 Å². The summed E-state index contributed by atoms with van der Waals surface area (Å²) in [6.07, 6.45) is 3.22. The summed E-state index contributed by atoms with van der Waals surface area (Å²) in [6, 6.07) is 5.92. The predicted molar refractivity (Wildman–Crippen MR) is 79.9 cm³/mol. The van der Waals surface area contributed by atoms with Gasteiger partial charge < -0.3 is 4.74 Å². The summed E-state index contributed by atoms with van der Waals surface area (Å²) < 4.78 is 6.85. The van der Waals surface area contributed by atoms with Crippen LogP contribution in [0.3, 0.4) is 0 Å². The third-order valence-electron chi connectivity index (χ3n) is 2.61. The van der Waals surface area contributed by atoms with E-state index < -0.39 is 0 Å². The van der Waals surface area contributed by atoms with Crippen LogP contribution in [0.1, 0.15) is 31.0 Å². The van der Waals surface area contributed by atoms with Crippen molar-refractivity contribution in [2.24, 2.45) is 0 Å². The number of halogens is 2. The quantitative estimate of drug-likeness (QED) is 0.742. The van der Waals surface area contributed by atoms with Gasteiger partial charge in [-0.2, -0.15) is 0 Å². The Morgan fingerprint density at radius 3 is 2.79 bits per heavy atom. The predicted octanol–water partition coefficient (Wildman–Crippen LogP) is 4.89. The first kappa shape index (κ1) is 14.3. The topological polar surface area (TPSA) is 35.0 Å². The Balaban J connectivity index is 2.32. The van der Waals surface area contributed by atoms with E-state index in [1.54, 1.807) is 12.4 Å². The minimum atomic E-state index is 0.321. The maximum atomic E-state index is 5.82. The van der Waals surface area contributed by atoms with E-state index in [9.17, 15) is 0 Å². The molecule has 5 heteroatoms. The van der Waals surface area contributed by atoms with Crippen LogP contribution in [-0.4, -0.2) is 9.97 Å². The zero-order valence-corrected chi connectivity index (χ0v) is 13.1. The summed E-state index contributed by atoms with van der Waals surface area (Å²) in [5.41, 5.74) is 1.81. The smallest absolute Gasteiger partial charge is 0.238 e. The van der Waals surface area contributed by atoms with Gasteiger partial charge in [-0.15, -0.1) is 11.6 Å². The number of nitrogens with zero attached hydrogens (tertiary/aromatic N) is 2. The van der Waals surface area contributed by atoms with Gasteiger partial charge in [-0.05, 0) is 29.7 Å². The molecule has 0 N–H and O–H groups in total. The van der Waals surface area contributed by atoms with Crippen LogP contribution in [0.2, 0.25) is 0 Å². The molecule has 0 radical (unpaired) electrons. The molecule has 2 aromatic rings. The number of hydrogen-bond donors (Lipinski definition) is 0. The first-order chi connectivity index (χ1) is 9.10. The van der Waals surface area contributed by atoms with Gasteiger partial charge in [0.05, 0.1) is 17.8 Å². The van der Waals surface area contributed by atoms with Gasteiger partial charge in [-0.25, -0.2) is 4.98 Å². The second kappa shape index (κ2) is 6.35. The molecule has 0 spiro atoms. The highest BCUT2D eigenvalue weighted by Crippen LogP contribution is 2.32. The Kier molecular flexibility index (Phi) is 4.77. The van der Waals surface area contributed by atoms with Crippen molar-refractivity contribution >= 4 is 27.5 Å². The maximum absolute atomic E-state index is 5.82. The van der Waals surface area contributed by atoms with Crippen molar-refractivity contribution in [3.05, 3.63) is 46.3 Å².